The molecule has 190 valence electrons. The number of para-hydroxylation sites is 2. The fourth-order valence-electron chi connectivity index (χ4n) is 5.04. The molecule has 2 aliphatic heterocycles. The van der Waals surface area contributed by atoms with Crippen LogP contribution in [0.25, 0.3) is 0 Å². The topological polar surface area (TPSA) is 84.4 Å². The largest absolute Gasteiger partial charge is 0.480 e. The van der Waals surface area contributed by atoms with E-state index in [-0.39, 0.29) is 18.6 Å². The number of amides is 4. The van der Waals surface area contributed by atoms with E-state index in [1.807, 2.05) is 90.5 Å². The van der Waals surface area contributed by atoms with Crippen LogP contribution in [0.2, 0.25) is 0 Å². The molecule has 1 aromatic heterocycles. The lowest BCUT2D eigenvalue weighted by atomic mass is 10.0. The molecule has 1 fully saturated rings. The summed E-state index contributed by atoms with van der Waals surface area (Å²) in [4.78, 5) is 46.4. The van der Waals surface area contributed by atoms with Crippen molar-refractivity contribution >= 4 is 40.7 Å². The second kappa shape index (κ2) is 10.1. The first-order valence-corrected chi connectivity index (χ1v) is 13.0. The summed E-state index contributed by atoms with van der Waals surface area (Å²) in [6.45, 7) is 1.97. The average molecular weight is 517 g/mol. The zero-order valence-corrected chi connectivity index (χ0v) is 21.4. The Morgan fingerprint density at radius 2 is 1.59 bits per heavy atom. The maximum atomic E-state index is 14.1. The van der Waals surface area contributed by atoms with Gasteiger partial charge in [-0.05, 0) is 60.0 Å². The minimum atomic E-state index is -1.20. The van der Waals surface area contributed by atoms with Crippen LogP contribution in [0.4, 0.5) is 21.0 Å². The second-order valence-corrected chi connectivity index (χ2v) is 9.97. The van der Waals surface area contributed by atoms with Crippen LogP contribution in [0.3, 0.4) is 0 Å². The number of hydrogen-bond donors (Lipinski definition) is 1. The van der Waals surface area contributed by atoms with Gasteiger partial charge in [0.15, 0.2) is 6.04 Å². The van der Waals surface area contributed by atoms with E-state index >= 15 is 0 Å². The zero-order chi connectivity index (χ0) is 26.1. The monoisotopic (exact) mass is 516 g/mol. The van der Waals surface area contributed by atoms with Crippen LogP contribution >= 0.6 is 11.3 Å². The number of thiophene rings is 1. The average Bonchev–Trinajstić information content (AvgIpc) is 3.55. The number of piperazine rings is 1. The predicted molar refractivity (Wildman–Crippen MR) is 143 cm³/mol. The molecule has 5 rings (SSSR count). The summed E-state index contributed by atoms with van der Waals surface area (Å²) in [6.07, 6.45) is 2.25. The molecule has 0 saturated carbocycles. The van der Waals surface area contributed by atoms with Gasteiger partial charge in [0.05, 0.1) is 30.0 Å². The number of nitrogens with zero attached hydrogens (tertiary/aromatic N) is 4. The van der Waals surface area contributed by atoms with Crippen molar-refractivity contribution < 1.29 is 19.5 Å². The van der Waals surface area contributed by atoms with E-state index in [1.54, 1.807) is 28.2 Å². The molecule has 1 saturated heterocycles. The molecular formula is C28H28N4O4S. The van der Waals surface area contributed by atoms with Crippen LogP contribution < -0.4 is 4.90 Å². The first kappa shape index (κ1) is 24.6. The van der Waals surface area contributed by atoms with E-state index in [0.29, 0.717) is 23.5 Å². The molecule has 1 N–H and O–H groups in total. The van der Waals surface area contributed by atoms with Gasteiger partial charge in [-0.3, -0.25) is 9.80 Å². The molecule has 3 aromatic rings. The highest BCUT2D eigenvalue weighted by atomic mass is 32.1. The molecule has 2 bridgehead atoms. The lowest BCUT2D eigenvalue weighted by molar-refractivity contribution is -0.144. The quantitative estimate of drug-likeness (QED) is 0.482. The highest BCUT2D eigenvalue weighted by Gasteiger charge is 2.51. The van der Waals surface area contributed by atoms with Gasteiger partial charge in [0.1, 0.15) is 0 Å². The first-order chi connectivity index (χ1) is 17.9. The smallest absolute Gasteiger partial charge is 0.330 e. The van der Waals surface area contributed by atoms with Gasteiger partial charge < -0.3 is 14.9 Å². The minimum Gasteiger partial charge on any atom is -0.480 e. The first-order valence-electron chi connectivity index (χ1n) is 12.1. The van der Waals surface area contributed by atoms with Gasteiger partial charge in [-0.25, -0.2) is 14.4 Å². The number of carboxylic acids is 1. The number of rotatable bonds is 5. The standard InChI is InChI=1S/C28H28N4O4S/c1-19(20-15-16-37-18-20)29(2)27(35)32-23-13-14-24(32)25(26(33)34)30(17-23)28(36)31(21-9-5-3-6-10-21)22-11-7-4-8-12-22/h3-13,15-16,18-19,24-25H,14,17H2,1-2H3,(H,33,34)/t19?,24-,25+/m1/s1. The fraction of sp³-hybridized carbons (Fsp3) is 0.250. The van der Waals surface area contributed by atoms with Crippen LogP contribution in [0.5, 0.6) is 0 Å². The SMILES string of the molecule is CC(c1ccsc1)N(C)C(=O)N1C2=CC[C@@H]1[C@@H](C(=O)O)N(C(=O)N(c1ccccc1)c1ccccc1)C2. The summed E-state index contributed by atoms with van der Waals surface area (Å²) >= 11 is 1.56. The molecule has 3 heterocycles. The number of carbonyl (C=O) groups excluding carboxylic acids is 2. The van der Waals surface area contributed by atoms with Crippen LogP contribution in [0, 0.1) is 0 Å². The summed E-state index contributed by atoms with van der Waals surface area (Å²) < 4.78 is 0. The maximum absolute atomic E-state index is 14.1. The van der Waals surface area contributed by atoms with Crippen molar-refractivity contribution in [1.29, 1.82) is 0 Å². The lowest BCUT2D eigenvalue weighted by Crippen LogP contribution is -2.64. The molecule has 9 heteroatoms. The Morgan fingerprint density at radius 1 is 0.973 bits per heavy atom. The Kier molecular flexibility index (Phi) is 6.71. The van der Waals surface area contributed by atoms with Crippen molar-refractivity contribution in [1.82, 2.24) is 14.7 Å². The molecule has 37 heavy (non-hydrogen) atoms. The third kappa shape index (κ3) is 4.46. The van der Waals surface area contributed by atoms with Crippen molar-refractivity contribution in [3.8, 4) is 0 Å². The number of fused-ring (bicyclic) bond motifs is 2. The summed E-state index contributed by atoms with van der Waals surface area (Å²) in [7, 11) is 1.73. The fourth-order valence-corrected chi connectivity index (χ4v) is 5.79. The number of anilines is 2. The Morgan fingerprint density at radius 3 is 2.14 bits per heavy atom. The van der Waals surface area contributed by atoms with E-state index in [4.69, 9.17) is 0 Å². The van der Waals surface area contributed by atoms with Gasteiger partial charge in [0.2, 0.25) is 0 Å². The molecule has 2 aromatic carbocycles. The van der Waals surface area contributed by atoms with E-state index < -0.39 is 24.1 Å². The van der Waals surface area contributed by atoms with Crippen LogP contribution in [0.15, 0.2) is 89.3 Å². The Bertz CT molecular complexity index is 1270. The van der Waals surface area contributed by atoms with Crippen LogP contribution in [0.1, 0.15) is 24.9 Å². The molecule has 3 atom stereocenters. The molecule has 2 aliphatic rings. The Labute approximate surface area is 219 Å². The zero-order valence-electron chi connectivity index (χ0n) is 20.6. The number of urea groups is 2. The van der Waals surface area contributed by atoms with Gasteiger partial charge >= 0.3 is 18.0 Å². The number of hydrogen-bond acceptors (Lipinski definition) is 4. The minimum absolute atomic E-state index is 0.0227. The van der Waals surface area contributed by atoms with Crippen LogP contribution in [-0.4, -0.2) is 63.5 Å². The maximum Gasteiger partial charge on any atom is 0.330 e. The molecule has 0 aliphatic carbocycles. The lowest BCUT2D eigenvalue weighted by Gasteiger charge is -2.46. The Balaban J connectivity index is 1.46. The van der Waals surface area contributed by atoms with Crippen molar-refractivity contribution in [3.05, 3.63) is 94.8 Å². The molecular weight excluding hydrogens is 488 g/mol. The number of benzene rings is 2. The molecule has 4 amide bonds. The molecule has 1 unspecified atom stereocenters. The van der Waals surface area contributed by atoms with Crippen molar-refractivity contribution in [2.75, 3.05) is 18.5 Å². The van der Waals surface area contributed by atoms with Crippen molar-refractivity contribution in [2.45, 2.75) is 31.5 Å². The predicted octanol–water partition coefficient (Wildman–Crippen LogP) is 5.55. The van der Waals surface area contributed by atoms with Crippen molar-refractivity contribution in [2.24, 2.45) is 0 Å². The summed E-state index contributed by atoms with van der Waals surface area (Å²) in [5.74, 6) is -1.14. The number of aliphatic carboxylic acids is 1. The van der Waals surface area contributed by atoms with Crippen molar-refractivity contribution in [3.63, 3.8) is 0 Å². The van der Waals surface area contributed by atoms with E-state index in [0.717, 1.165) is 5.56 Å². The molecule has 8 nitrogen and oxygen atoms in total. The van der Waals surface area contributed by atoms with E-state index in [1.165, 1.54) is 9.80 Å². The van der Waals surface area contributed by atoms with E-state index in [2.05, 4.69) is 0 Å². The van der Waals surface area contributed by atoms with Gasteiger partial charge in [-0.15, -0.1) is 0 Å². The summed E-state index contributed by atoms with van der Waals surface area (Å²) in [6, 6.07) is 17.5. The van der Waals surface area contributed by atoms with E-state index in [9.17, 15) is 19.5 Å². The molecule has 0 radical (unpaired) electrons. The number of carboxylic acid groups (broad SMARTS) is 1. The highest BCUT2D eigenvalue weighted by Crippen LogP contribution is 2.37. The summed E-state index contributed by atoms with van der Waals surface area (Å²) in [5, 5.41) is 14.3. The van der Waals surface area contributed by atoms with Gasteiger partial charge in [-0.1, -0.05) is 42.5 Å². The third-order valence-corrected chi connectivity index (χ3v) is 7.80. The van der Waals surface area contributed by atoms with Gasteiger partial charge in [-0.2, -0.15) is 11.3 Å². The molecule has 0 spiro atoms. The van der Waals surface area contributed by atoms with Gasteiger partial charge in [0.25, 0.3) is 0 Å². The summed E-state index contributed by atoms with van der Waals surface area (Å²) in [5.41, 5.74) is 2.93. The second-order valence-electron chi connectivity index (χ2n) is 9.19. The Hall–Kier alpha value is -4.11. The van der Waals surface area contributed by atoms with Crippen LogP contribution in [-0.2, 0) is 4.79 Å². The van der Waals surface area contributed by atoms with Gasteiger partial charge in [0, 0.05) is 12.7 Å². The highest BCUT2D eigenvalue weighted by molar-refractivity contribution is 7.08. The third-order valence-electron chi connectivity index (χ3n) is 7.10. The normalized spacial score (nSPS) is 19.2. The number of carbonyl (C=O) groups is 3.